The fraction of sp³-hybridized carbons (Fsp3) is 0.778. The number of nitrogens with zero attached hydrogens (tertiary/aromatic N) is 1. The molecule has 0 spiro atoms. The van der Waals surface area contributed by atoms with Crippen molar-refractivity contribution in [3.8, 4) is 0 Å². The molecule has 2 atom stereocenters. The second kappa shape index (κ2) is 6.43. The molecule has 1 heterocycles. The zero-order valence-electron chi connectivity index (χ0n) is 14.6. The molecule has 1 aliphatic heterocycles. The smallest absolute Gasteiger partial charge is 0.226 e. The Bertz CT molecular complexity index is 469. The molecular weight excluding hydrogens is 276 g/mol. The molecule has 0 aromatic carbocycles. The molecule has 0 radical (unpaired) electrons. The minimum Gasteiger partial charge on any atom is -0.356 e. The maximum absolute atomic E-state index is 12.8. The van der Waals surface area contributed by atoms with Crippen molar-refractivity contribution in [3.05, 3.63) is 11.6 Å². The molecule has 2 amide bonds. The van der Waals surface area contributed by atoms with Crippen LogP contribution in [0.3, 0.4) is 0 Å². The average Bonchev–Trinajstić information content (AvgIpc) is 2.96. The largest absolute Gasteiger partial charge is 0.356 e. The first kappa shape index (κ1) is 17.0. The number of likely N-dealkylation sites (tertiary alicyclic amines) is 1. The van der Waals surface area contributed by atoms with Crippen LogP contribution in [-0.4, -0.2) is 36.3 Å². The van der Waals surface area contributed by atoms with E-state index in [9.17, 15) is 9.59 Å². The van der Waals surface area contributed by atoms with Crippen molar-refractivity contribution >= 4 is 11.8 Å². The SMILES string of the molecule is CC(=O)NCC1CCN(C(=O)C2C(C=C(C)C)C2(C)C)CC1. The molecule has 1 N–H and O–H groups in total. The van der Waals surface area contributed by atoms with Crippen molar-refractivity contribution in [2.75, 3.05) is 19.6 Å². The molecule has 0 aromatic rings. The van der Waals surface area contributed by atoms with Crippen molar-refractivity contribution in [1.29, 1.82) is 0 Å². The third-order valence-corrected chi connectivity index (χ3v) is 5.26. The Labute approximate surface area is 134 Å². The van der Waals surface area contributed by atoms with E-state index in [1.807, 2.05) is 4.90 Å². The first-order chi connectivity index (χ1) is 10.2. The summed E-state index contributed by atoms with van der Waals surface area (Å²) in [5.74, 6) is 1.40. The summed E-state index contributed by atoms with van der Waals surface area (Å²) >= 11 is 0. The van der Waals surface area contributed by atoms with Gasteiger partial charge < -0.3 is 10.2 Å². The minimum atomic E-state index is 0.0304. The number of carbonyl (C=O) groups excluding carboxylic acids is 2. The molecule has 2 unspecified atom stereocenters. The predicted octanol–water partition coefficient (Wildman–Crippen LogP) is 2.60. The van der Waals surface area contributed by atoms with Gasteiger partial charge in [-0.25, -0.2) is 0 Å². The third-order valence-electron chi connectivity index (χ3n) is 5.26. The van der Waals surface area contributed by atoms with Crippen LogP contribution < -0.4 is 5.32 Å². The number of carbonyl (C=O) groups is 2. The zero-order valence-corrected chi connectivity index (χ0v) is 14.6. The van der Waals surface area contributed by atoms with Gasteiger partial charge >= 0.3 is 0 Å². The molecule has 124 valence electrons. The Balaban J connectivity index is 1.86. The average molecular weight is 306 g/mol. The van der Waals surface area contributed by atoms with Gasteiger partial charge in [-0.1, -0.05) is 25.5 Å². The molecule has 1 aliphatic carbocycles. The highest BCUT2D eigenvalue weighted by Gasteiger charge is 2.61. The van der Waals surface area contributed by atoms with Gasteiger partial charge in [-0.05, 0) is 43.9 Å². The Hall–Kier alpha value is -1.32. The fourth-order valence-corrected chi connectivity index (χ4v) is 3.66. The summed E-state index contributed by atoms with van der Waals surface area (Å²) in [4.78, 5) is 25.8. The molecule has 0 aromatic heterocycles. The van der Waals surface area contributed by atoms with Crippen LogP contribution in [0.25, 0.3) is 0 Å². The topological polar surface area (TPSA) is 49.4 Å². The van der Waals surface area contributed by atoms with Gasteiger partial charge in [0.15, 0.2) is 0 Å². The van der Waals surface area contributed by atoms with E-state index in [1.165, 1.54) is 5.57 Å². The molecule has 0 bridgehead atoms. The van der Waals surface area contributed by atoms with E-state index >= 15 is 0 Å². The molecule has 2 aliphatic rings. The van der Waals surface area contributed by atoms with Gasteiger partial charge in [-0.15, -0.1) is 0 Å². The first-order valence-corrected chi connectivity index (χ1v) is 8.41. The van der Waals surface area contributed by atoms with Crippen molar-refractivity contribution in [2.24, 2.45) is 23.2 Å². The van der Waals surface area contributed by atoms with Crippen LogP contribution in [0.2, 0.25) is 0 Å². The van der Waals surface area contributed by atoms with E-state index < -0.39 is 0 Å². The van der Waals surface area contributed by atoms with Crippen LogP contribution in [0.4, 0.5) is 0 Å². The summed E-state index contributed by atoms with van der Waals surface area (Å²) in [6.45, 7) is 12.6. The summed E-state index contributed by atoms with van der Waals surface area (Å²) in [6, 6.07) is 0. The van der Waals surface area contributed by atoms with Gasteiger partial charge in [0.25, 0.3) is 0 Å². The maximum Gasteiger partial charge on any atom is 0.226 e. The summed E-state index contributed by atoms with van der Waals surface area (Å²) in [7, 11) is 0. The van der Waals surface area contributed by atoms with Crippen LogP contribution in [-0.2, 0) is 9.59 Å². The van der Waals surface area contributed by atoms with Crippen molar-refractivity contribution in [2.45, 2.75) is 47.5 Å². The normalized spacial score (nSPS) is 27.2. The van der Waals surface area contributed by atoms with Gasteiger partial charge in [0.2, 0.25) is 11.8 Å². The quantitative estimate of drug-likeness (QED) is 0.812. The van der Waals surface area contributed by atoms with Crippen molar-refractivity contribution in [3.63, 3.8) is 0 Å². The standard InChI is InChI=1S/C18H30N2O2/c1-12(2)10-15-16(18(15,4)5)17(22)20-8-6-14(7-9-20)11-19-13(3)21/h10,14-16H,6-9,11H2,1-5H3,(H,19,21). The molecule has 22 heavy (non-hydrogen) atoms. The molecule has 1 saturated carbocycles. The van der Waals surface area contributed by atoms with Gasteiger partial charge in [0.05, 0.1) is 5.92 Å². The number of hydrogen-bond donors (Lipinski definition) is 1. The van der Waals surface area contributed by atoms with Gasteiger partial charge in [-0.3, -0.25) is 9.59 Å². The van der Waals surface area contributed by atoms with Crippen LogP contribution in [0.15, 0.2) is 11.6 Å². The van der Waals surface area contributed by atoms with Crippen LogP contribution in [0, 0.1) is 23.2 Å². The van der Waals surface area contributed by atoms with E-state index in [4.69, 9.17) is 0 Å². The predicted molar refractivity (Wildman–Crippen MR) is 88.2 cm³/mol. The lowest BCUT2D eigenvalue weighted by molar-refractivity contribution is -0.135. The number of hydrogen-bond acceptors (Lipinski definition) is 2. The van der Waals surface area contributed by atoms with Gasteiger partial charge in [0.1, 0.15) is 0 Å². The van der Waals surface area contributed by atoms with E-state index in [1.54, 1.807) is 6.92 Å². The maximum atomic E-state index is 12.8. The number of amides is 2. The van der Waals surface area contributed by atoms with Crippen molar-refractivity contribution in [1.82, 2.24) is 10.2 Å². The lowest BCUT2D eigenvalue weighted by Crippen LogP contribution is -2.42. The monoisotopic (exact) mass is 306 g/mol. The second-order valence-corrected chi connectivity index (χ2v) is 7.77. The molecule has 1 saturated heterocycles. The zero-order chi connectivity index (χ0) is 16.5. The van der Waals surface area contributed by atoms with E-state index in [2.05, 4.69) is 39.1 Å². The van der Waals surface area contributed by atoms with Gasteiger partial charge in [-0.2, -0.15) is 0 Å². The number of allylic oxidation sites excluding steroid dienone is 2. The molecular formula is C18H30N2O2. The van der Waals surface area contributed by atoms with Crippen molar-refractivity contribution < 1.29 is 9.59 Å². The van der Waals surface area contributed by atoms with Crippen LogP contribution in [0.5, 0.6) is 0 Å². The molecule has 2 fully saturated rings. The lowest BCUT2D eigenvalue weighted by atomic mass is 9.96. The highest BCUT2D eigenvalue weighted by molar-refractivity contribution is 5.84. The first-order valence-electron chi connectivity index (χ1n) is 8.41. The second-order valence-electron chi connectivity index (χ2n) is 7.77. The summed E-state index contributed by atoms with van der Waals surface area (Å²) in [5, 5.41) is 2.89. The Kier molecular flexibility index (Phi) is 4.98. The third kappa shape index (κ3) is 3.71. The van der Waals surface area contributed by atoms with E-state index in [0.29, 0.717) is 17.7 Å². The summed E-state index contributed by atoms with van der Waals surface area (Å²) < 4.78 is 0. The highest BCUT2D eigenvalue weighted by atomic mass is 16.2. The minimum absolute atomic E-state index is 0.0304. The number of nitrogens with one attached hydrogen (secondary N) is 1. The molecule has 2 rings (SSSR count). The Morgan fingerprint density at radius 1 is 1.18 bits per heavy atom. The Morgan fingerprint density at radius 3 is 2.27 bits per heavy atom. The Morgan fingerprint density at radius 2 is 1.77 bits per heavy atom. The lowest BCUT2D eigenvalue weighted by Gasteiger charge is -2.32. The van der Waals surface area contributed by atoms with E-state index in [-0.39, 0.29) is 17.2 Å². The molecule has 4 heteroatoms. The van der Waals surface area contributed by atoms with Crippen LogP contribution >= 0.6 is 0 Å². The van der Waals surface area contributed by atoms with Gasteiger partial charge in [0, 0.05) is 26.6 Å². The highest BCUT2D eigenvalue weighted by Crippen LogP contribution is 2.60. The number of piperidine rings is 1. The van der Waals surface area contributed by atoms with Crippen LogP contribution in [0.1, 0.15) is 47.5 Å². The summed E-state index contributed by atoms with van der Waals surface area (Å²) in [6.07, 6.45) is 4.24. The van der Waals surface area contributed by atoms with E-state index in [0.717, 1.165) is 32.5 Å². The number of rotatable bonds is 4. The fourth-order valence-electron chi connectivity index (χ4n) is 3.66. The summed E-state index contributed by atoms with van der Waals surface area (Å²) in [5.41, 5.74) is 1.39. The molecule has 4 nitrogen and oxygen atoms in total.